The van der Waals surface area contributed by atoms with Crippen LogP contribution in [0.3, 0.4) is 0 Å². The van der Waals surface area contributed by atoms with Gasteiger partial charge < -0.3 is 20.5 Å². The minimum atomic E-state index is -1.15. The fourth-order valence-electron chi connectivity index (χ4n) is 4.39. The monoisotopic (exact) mass is 562 g/mol. The largest absolute Gasteiger partial charge is 0.480 e. The van der Waals surface area contributed by atoms with Crippen LogP contribution < -0.4 is 15.4 Å². The number of nitrogens with one attached hydrogen (secondary N) is 2. The van der Waals surface area contributed by atoms with Crippen molar-refractivity contribution in [1.29, 1.82) is 0 Å². The van der Waals surface area contributed by atoms with Crippen molar-refractivity contribution in [2.45, 2.75) is 12.5 Å². The fourth-order valence-corrected chi connectivity index (χ4v) is 4.56. The van der Waals surface area contributed by atoms with Gasteiger partial charge in [-0.3, -0.25) is 4.79 Å². The molecule has 7 heteroatoms. The molecule has 5 rings (SSSR count). The number of carboxylic acids is 1. The second-order valence-electron chi connectivity index (χ2n) is 9.36. The van der Waals surface area contributed by atoms with Gasteiger partial charge in [-0.1, -0.05) is 90.5 Å². The molecule has 0 heterocycles. The third-order valence-electron chi connectivity index (χ3n) is 6.45. The van der Waals surface area contributed by atoms with Gasteiger partial charge in [-0.15, -0.1) is 0 Å². The highest BCUT2D eigenvalue weighted by molar-refractivity contribution is 6.31. The van der Waals surface area contributed by atoms with E-state index in [0.29, 0.717) is 16.5 Å². The van der Waals surface area contributed by atoms with Crippen LogP contribution in [0.15, 0.2) is 127 Å². The number of carbonyl (C=O) groups is 2. The molecule has 1 atom stereocenters. The molecule has 0 aliphatic heterocycles. The van der Waals surface area contributed by atoms with Crippen molar-refractivity contribution in [3.05, 3.63) is 144 Å². The zero-order chi connectivity index (χ0) is 28.6. The molecule has 0 aliphatic carbocycles. The Balaban J connectivity index is 1.31. The Kier molecular flexibility index (Phi) is 8.62. The van der Waals surface area contributed by atoms with E-state index >= 15 is 0 Å². The number of carbonyl (C=O) groups excluding carboxylic acids is 1. The molecule has 0 aromatic heterocycles. The Morgan fingerprint density at radius 3 is 2.15 bits per heavy atom. The first-order valence-corrected chi connectivity index (χ1v) is 13.4. The lowest BCUT2D eigenvalue weighted by molar-refractivity contribution is -0.139. The van der Waals surface area contributed by atoms with Gasteiger partial charge in [-0.05, 0) is 59.7 Å². The average Bonchev–Trinajstić information content (AvgIpc) is 2.99. The van der Waals surface area contributed by atoms with Gasteiger partial charge in [0.05, 0.1) is 11.3 Å². The highest BCUT2D eigenvalue weighted by Gasteiger charge is 2.23. The van der Waals surface area contributed by atoms with E-state index in [1.807, 2.05) is 109 Å². The lowest BCUT2D eigenvalue weighted by Gasteiger charge is -2.18. The Morgan fingerprint density at radius 2 is 1.44 bits per heavy atom. The van der Waals surface area contributed by atoms with Crippen LogP contribution in [0.1, 0.15) is 15.9 Å². The van der Waals surface area contributed by atoms with Gasteiger partial charge >= 0.3 is 5.97 Å². The van der Waals surface area contributed by atoms with Gasteiger partial charge in [0.15, 0.2) is 0 Å². The number of hydrogen-bond donors (Lipinski definition) is 3. The van der Waals surface area contributed by atoms with Gasteiger partial charge in [0.2, 0.25) is 0 Å². The van der Waals surface area contributed by atoms with Gasteiger partial charge in [-0.25, -0.2) is 4.79 Å². The van der Waals surface area contributed by atoms with E-state index in [2.05, 4.69) is 10.6 Å². The number of rotatable bonds is 10. The lowest BCUT2D eigenvalue weighted by Crippen LogP contribution is -2.42. The summed E-state index contributed by atoms with van der Waals surface area (Å²) >= 11 is 6.18. The average molecular weight is 563 g/mol. The van der Waals surface area contributed by atoms with Crippen LogP contribution >= 0.6 is 11.6 Å². The van der Waals surface area contributed by atoms with Crippen LogP contribution in [-0.4, -0.2) is 23.0 Å². The Bertz CT molecular complexity index is 1640. The quantitative estimate of drug-likeness (QED) is 0.161. The zero-order valence-electron chi connectivity index (χ0n) is 22.0. The number of para-hydroxylation sites is 3. The predicted octanol–water partition coefficient (Wildman–Crippen LogP) is 7.97. The minimum Gasteiger partial charge on any atom is -0.480 e. The summed E-state index contributed by atoms with van der Waals surface area (Å²) < 4.78 is 6.09. The zero-order valence-corrected chi connectivity index (χ0v) is 22.7. The molecule has 0 aliphatic rings. The molecule has 6 nitrogen and oxygen atoms in total. The second kappa shape index (κ2) is 12.9. The molecule has 0 saturated heterocycles. The summed E-state index contributed by atoms with van der Waals surface area (Å²) in [6.07, 6.45) is 0.103. The van der Waals surface area contributed by atoms with Crippen molar-refractivity contribution in [3.8, 4) is 22.6 Å². The fraction of sp³-hybridized carbons (Fsp3) is 0.0588. The first-order chi connectivity index (χ1) is 20.0. The first kappa shape index (κ1) is 27.5. The summed E-state index contributed by atoms with van der Waals surface area (Å²) in [4.78, 5) is 25.4. The van der Waals surface area contributed by atoms with E-state index in [1.54, 1.807) is 12.1 Å². The number of ether oxygens (including phenoxy) is 1. The molecule has 3 N–H and O–H groups in total. The SMILES string of the molecule is O=C(NC(Cc1ccc(-c2ccccc2Oc2ccccc2)cc1)C(=O)O)c1cc(Cl)ccc1Nc1ccccc1. The van der Waals surface area contributed by atoms with E-state index in [0.717, 1.165) is 28.1 Å². The molecule has 1 amide bonds. The van der Waals surface area contributed by atoms with E-state index in [-0.39, 0.29) is 12.0 Å². The van der Waals surface area contributed by atoms with E-state index in [9.17, 15) is 14.7 Å². The highest BCUT2D eigenvalue weighted by atomic mass is 35.5. The van der Waals surface area contributed by atoms with E-state index in [1.165, 1.54) is 6.07 Å². The van der Waals surface area contributed by atoms with Crippen LogP contribution in [0.5, 0.6) is 11.5 Å². The van der Waals surface area contributed by atoms with Crippen LogP contribution in [0.4, 0.5) is 11.4 Å². The first-order valence-electron chi connectivity index (χ1n) is 13.0. The number of anilines is 2. The molecule has 0 radical (unpaired) electrons. The maximum Gasteiger partial charge on any atom is 0.326 e. The van der Waals surface area contributed by atoms with Crippen molar-refractivity contribution in [2.24, 2.45) is 0 Å². The predicted molar refractivity (Wildman–Crippen MR) is 162 cm³/mol. The molecular formula is C34H27ClN2O4. The van der Waals surface area contributed by atoms with Gasteiger partial charge in [0.1, 0.15) is 17.5 Å². The molecule has 0 saturated carbocycles. The molecule has 0 fully saturated rings. The lowest BCUT2D eigenvalue weighted by atomic mass is 9.99. The Labute approximate surface area is 243 Å². The molecule has 1 unspecified atom stereocenters. The van der Waals surface area contributed by atoms with Crippen LogP contribution in [0, 0.1) is 0 Å². The number of aliphatic carboxylic acids is 1. The molecular weight excluding hydrogens is 536 g/mol. The van der Waals surface area contributed by atoms with Crippen molar-refractivity contribution in [3.63, 3.8) is 0 Å². The molecule has 204 valence electrons. The topological polar surface area (TPSA) is 87.7 Å². The number of hydrogen-bond acceptors (Lipinski definition) is 4. The number of halogens is 1. The number of carboxylic acid groups (broad SMARTS) is 1. The molecule has 41 heavy (non-hydrogen) atoms. The normalized spacial score (nSPS) is 11.3. The van der Waals surface area contributed by atoms with Crippen molar-refractivity contribution < 1.29 is 19.4 Å². The maximum absolute atomic E-state index is 13.3. The Hall–Kier alpha value is -5.07. The third kappa shape index (κ3) is 7.12. The maximum atomic E-state index is 13.3. The standard InChI is InChI=1S/C34H27ClN2O4/c35-25-19-20-30(36-26-9-3-1-4-10-26)29(22-25)33(38)37-31(34(39)40)21-23-15-17-24(18-16-23)28-13-7-8-14-32(28)41-27-11-5-2-6-12-27/h1-20,22,31,36H,21H2,(H,37,38)(H,39,40). The van der Waals surface area contributed by atoms with Gasteiger partial charge in [-0.2, -0.15) is 0 Å². The second-order valence-corrected chi connectivity index (χ2v) is 9.79. The van der Waals surface area contributed by atoms with Crippen LogP contribution in [0.25, 0.3) is 11.1 Å². The van der Waals surface area contributed by atoms with Crippen LogP contribution in [-0.2, 0) is 11.2 Å². The summed E-state index contributed by atoms with van der Waals surface area (Å²) in [6.45, 7) is 0. The van der Waals surface area contributed by atoms with Gasteiger partial charge in [0.25, 0.3) is 5.91 Å². The molecule has 0 bridgehead atoms. The van der Waals surface area contributed by atoms with E-state index < -0.39 is 17.9 Å². The van der Waals surface area contributed by atoms with E-state index in [4.69, 9.17) is 16.3 Å². The molecule has 5 aromatic rings. The summed E-state index contributed by atoms with van der Waals surface area (Å²) in [5.41, 5.74) is 4.14. The summed E-state index contributed by atoms with van der Waals surface area (Å²) in [5.74, 6) is -0.229. The third-order valence-corrected chi connectivity index (χ3v) is 6.68. The van der Waals surface area contributed by atoms with Crippen molar-refractivity contribution >= 4 is 34.9 Å². The molecule has 0 spiro atoms. The Morgan fingerprint density at radius 1 is 0.780 bits per heavy atom. The van der Waals surface area contributed by atoms with Crippen LogP contribution in [0.2, 0.25) is 5.02 Å². The summed E-state index contributed by atoms with van der Waals surface area (Å²) in [6, 6.07) is 37.9. The highest BCUT2D eigenvalue weighted by Crippen LogP contribution is 2.33. The summed E-state index contributed by atoms with van der Waals surface area (Å²) in [5, 5.41) is 16.2. The molecule has 5 aromatic carbocycles. The number of amides is 1. The minimum absolute atomic E-state index is 0.103. The number of benzene rings is 5. The van der Waals surface area contributed by atoms with Crippen molar-refractivity contribution in [1.82, 2.24) is 5.32 Å². The summed E-state index contributed by atoms with van der Waals surface area (Å²) in [7, 11) is 0. The van der Waals surface area contributed by atoms with Gasteiger partial charge in [0, 0.05) is 22.7 Å². The smallest absolute Gasteiger partial charge is 0.326 e. The van der Waals surface area contributed by atoms with Crippen molar-refractivity contribution in [2.75, 3.05) is 5.32 Å².